The van der Waals surface area contributed by atoms with Crippen LogP contribution in [0.2, 0.25) is 0 Å². The van der Waals surface area contributed by atoms with E-state index in [9.17, 15) is 14.4 Å². The van der Waals surface area contributed by atoms with E-state index in [0.29, 0.717) is 19.6 Å². The minimum Gasteiger partial charge on any atom is -0.367 e. The average molecular weight is 373 g/mol. The average Bonchev–Trinajstić information content (AvgIpc) is 2.67. The lowest BCUT2D eigenvalue weighted by molar-refractivity contribution is -0.156. The summed E-state index contributed by atoms with van der Waals surface area (Å²) in [5.74, 6) is -1.43. The number of anilines is 2. The minimum atomic E-state index is -0.606. The molecule has 27 heavy (non-hydrogen) atoms. The topological polar surface area (TPSA) is 76.2 Å². The van der Waals surface area contributed by atoms with Gasteiger partial charge in [-0.2, -0.15) is 0 Å². The molecule has 2 saturated heterocycles. The molecule has 1 N–H and O–H groups in total. The number of hydrogen-bond donors (Lipinski definition) is 1. The van der Waals surface area contributed by atoms with Gasteiger partial charge in [-0.1, -0.05) is 12.1 Å². The number of benzene rings is 1. The van der Waals surface area contributed by atoms with Crippen LogP contribution >= 0.6 is 0 Å². The van der Waals surface area contributed by atoms with Crippen LogP contribution in [0.1, 0.15) is 6.92 Å². The summed E-state index contributed by atoms with van der Waals surface area (Å²) in [5.41, 5.74) is 1.72. The zero-order valence-electron chi connectivity index (χ0n) is 16.0. The molecule has 1 aromatic rings. The van der Waals surface area contributed by atoms with Crippen LogP contribution in [0.5, 0.6) is 0 Å². The van der Waals surface area contributed by atoms with Crippen LogP contribution in [0.15, 0.2) is 24.3 Å². The van der Waals surface area contributed by atoms with Gasteiger partial charge >= 0.3 is 11.8 Å². The van der Waals surface area contributed by atoms with Gasteiger partial charge in [0.15, 0.2) is 0 Å². The lowest BCUT2D eigenvalue weighted by Crippen LogP contribution is -2.55. The number of carbonyl (C=O) groups is 3. The van der Waals surface area contributed by atoms with Crippen molar-refractivity contribution in [1.29, 1.82) is 0 Å². The van der Waals surface area contributed by atoms with Gasteiger partial charge < -0.3 is 24.9 Å². The smallest absolute Gasteiger partial charge is 0.312 e. The van der Waals surface area contributed by atoms with Crippen LogP contribution in [0.3, 0.4) is 0 Å². The van der Waals surface area contributed by atoms with Crippen molar-refractivity contribution in [1.82, 2.24) is 14.7 Å². The Morgan fingerprint density at radius 3 is 2.30 bits per heavy atom. The van der Waals surface area contributed by atoms with Crippen LogP contribution in [0.4, 0.5) is 11.4 Å². The third-order valence-corrected chi connectivity index (χ3v) is 5.14. The highest BCUT2D eigenvalue weighted by molar-refractivity contribution is 6.35. The molecular weight excluding hydrogens is 346 g/mol. The van der Waals surface area contributed by atoms with Crippen LogP contribution in [-0.2, 0) is 14.4 Å². The zero-order valence-corrected chi connectivity index (χ0v) is 16.0. The highest BCUT2D eigenvalue weighted by atomic mass is 16.2. The van der Waals surface area contributed by atoms with Gasteiger partial charge in [0.05, 0.1) is 11.4 Å². The maximum atomic E-state index is 12.5. The van der Waals surface area contributed by atoms with Gasteiger partial charge in [-0.15, -0.1) is 0 Å². The summed E-state index contributed by atoms with van der Waals surface area (Å²) in [4.78, 5) is 44.0. The molecule has 2 heterocycles. The number of hydrogen-bond acceptors (Lipinski definition) is 5. The van der Waals surface area contributed by atoms with Crippen molar-refractivity contribution in [2.75, 3.05) is 69.6 Å². The molecule has 1 aromatic carbocycles. The molecule has 2 aliphatic heterocycles. The van der Waals surface area contributed by atoms with E-state index in [1.165, 1.54) is 9.80 Å². The Hall–Kier alpha value is -2.61. The van der Waals surface area contributed by atoms with E-state index in [1.54, 1.807) is 0 Å². The Bertz CT molecular complexity index is 715. The second kappa shape index (κ2) is 8.39. The third-order valence-electron chi connectivity index (χ3n) is 5.14. The molecule has 0 unspecified atom stereocenters. The fourth-order valence-electron chi connectivity index (χ4n) is 3.43. The molecule has 146 valence electrons. The molecule has 0 radical (unpaired) electrons. The summed E-state index contributed by atoms with van der Waals surface area (Å²) in [6.45, 7) is 6.81. The summed E-state index contributed by atoms with van der Waals surface area (Å²) in [6, 6.07) is 7.70. The van der Waals surface area contributed by atoms with Crippen molar-refractivity contribution in [3.8, 4) is 0 Å². The van der Waals surface area contributed by atoms with E-state index in [0.717, 1.165) is 37.6 Å². The molecular formula is C19H27N5O3. The van der Waals surface area contributed by atoms with Crippen molar-refractivity contribution in [2.45, 2.75) is 6.92 Å². The van der Waals surface area contributed by atoms with E-state index >= 15 is 0 Å². The molecule has 0 saturated carbocycles. The largest absolute Gasteiger partial charge is 0.367 e. The second-order valence-corrected chi connectivity index (χ2v) is 6.97. The summed E-state index contributed by atoms with van der Waals surface area (Å²) in [5, 5.41) is 2.91. The summed E-state index contributed by atoms with van der Waals surface area (Å²) < 4.78 is 0. The molecule has 3 amide bonds. The maximum absolute atomic E-state index is 12.5. The molecule has 3 rings (SSSR count). The molecule has 0 spiro atoms. The van der Waals surface area contributed by atoms with Crippen LogP contribution in [-0.4, -0.2) is 91.8 Å². The van der Waals surface area contributed by atoms with Gasteiger partial charge in [-0.25, -0.2) is 0 Å². The normalized spacial score (nSPS) is 18.8. The number of carbonyl (C=O) groups excluding carboxylic acids is 3. The Labute approximate surface area is 159 Å². The number of piperazine rings is 2. The zero-order chi connectivity index (χ0) is 19.4. The summed E-state index contributed by atoms with van der Waals surface area (Å²) in [7, 11) is 2.10. The van der Waals surface area contributed by atoms with Crippen molar-refractivity contribution < 1.29 is 14.4 Å². The molecule has 0 bridgehead atoms. The van der Waals surface area contributed by atoms with Gasteiger partial charge in [0.1, 0.15) is 6.54 Å². The molecule has 2 aliphatic rings. The molecule has 0 atom stereocenters. The van der Waals surface area contributed by atoms with Gasteiger partial charge in [-0.3, -0.25) is 14.4 Å². The standard InChI is InChI=1S/C19H27N5O3/c1-3-22-12-13-24(19(27)18(22)26)14-17(25)20-15-6-4-5-7-16(15)23-10-8-21(2)9-11-23/h4-7H,3,8-14H2,1-2H3,(H,20,25). The Balaban J connectivity index is 1.63. The van der Waals surface area contributed by atoms with Crippen molar-refractivity contribution in [3.63, 3.8) is 0 Å². The summed E-state index contributed by atoms with van der Waals surface area (Å²) in [6.07, 6.45) is 0. The van der Waals surface area contributed by atoms with Gasteiger partial charge in [-0.05, 0) is 26.1 Å². The fraction of sp³-hybridized carbons (Fsp3) is 0.526. The fourth-order valence-corrected chi connectivity index (χ4v) is 3.43. The first kappa shape index (κ1) is 19.2. The van der Waals surface area contributed by atoms with E-state index in [4.69, 9.17) is 0 Å². The first-order valence-corrected chi connectivity index (χ1v) is 9.40. The number of nitrogens with one attached hydrogen (secondary N) is 1. The van der Waals surface area contributed by atoms with Crippen LogP contribution < -0.4 is 10.2 Å². The number of nitrogens with zero attached hydrogens (tertiary/aromatic N) is 4. The highest BCUT2D eigenvalue weighted by Gasteiger charge is 2.32. The van der Waals surface area contributed by atoms with Gasteiger partial charge in [0.2, 0.25) is 5.91 Å². The highest BCUT2D eigenvalue weighted by Crippen LogP contribution is 2.26. The predicted octanol–water partition coefficient (Wildman–Crippen LogP) is 0.0676. The van der Waals surface area contributed by atoms with Crippen molar-refractivity contribution in [3.05, 3.63) is 24.3 Å². The Morgan fingerprint density at radius 2 is 1.59 bits per heavy atom. The van der Waals surface area contributed by atoms with Crippen LogP contribution in [0.25, 0.3) is 0 Å². The first-order valence-electron chi connectivity index (χ1n) is 9.40. The van der Waals surface area contributed by atoms with Gasteiger partial charge in [0.25, 0.3) is 0 Å². The Morgan fingerprint density at radius 1 is 0.963 bits per heavy atom. The monoisotopic (exact) mass is 373 g/mol. The van der Waals surface area contributed by atoms with E-state index in [-0.39, 0.29) is 12.5 Å². The number of para-hydroxylation sites is 2. The number of likely N-dealkylation sites (N-methyl/N-ethyl adjacent to an activating group) is 2. The SMILES string of the molecule is CCN1CCN(CC(=O)Nc2ccccc2N2CCN(C)CC2)C(=O)C1=O. The van der Waals surface area contributed by atoms with Crippen molar-refractivity contribution in [2.24, 2.45) is 0 Å². The molecule has 8 heteroatoms. The third kappa shape index (κ3) is 4.39. The van der Waals surface area contributed by atoms with Gasteiger partial charge in [0, 0.05) is 45.8 Å². The molecule has 0 aliphatic carbocycles. The molecule has 0 aromatic heterocycles. The summed E-state index contributed by atoms with van der Waals surface area (Å²) >= 11 is 0. The predicted molar refractivity (Wildman–Crippen MR) is 104 cm³/mol. The van der Waals surface area contributed by atoms with E-state index in [2.05, 4.69) is 22.2 Å². The lowest BCUT2D eigenvalue weighted by atomic mass is 10.2. The lowest BCUT2D eigenvalue weighted by Gasteiger charge is -2.35. The quantitative estimate of drug-likeness (QED) is 0.739. The first-order chi connectivity index (χ1) is 13.0. The minimum absolute atomic E-state index is 0.112. The number of amides is 3. The molecule has 8 nitrogen and oxygen atoms in total. The maximum Gasteiger partial charge on any atom is 0.312 e. The van der Waals surface area contributed by atoms with Crippen LogP contribution in [0, 0.1) is 0 Å². The Kier molecular flexibility index (Phi) is 5.95. The molecule has 2 fully saturated rings. The van der Waals surface area contributed by atoms with Crippen molar-refractivity contribution >= 4 is 29.1 Å². The van der Waals surface area contributed by atoms with E-state index < -0.39 is 11.8 Å². The number of rotatable bonds is 5. The second-order valence-electron chi connectivity index (χ2n) is 6.97. The van der Waals surface area contributed by atoms with E-state index in [1.807, 2.05) is 31.2 Å².